The van der Waals surface area contributed by atoms with Crippen molar-refractivity contribution >= 4 is 28.9 Å². The van der Waals surface area contributed by atoms with Crippen LogP contribution >= 0.6 is 0 Å². The fourth-order valence-corrected chi connectivity index (χ4v) is 2.92. The normalized spacial score (nSPS) is 10.4. The first-order valence-electron chi connectivity index (χ1n) is 9.51. The van der Waals surface area contributed by atoms with Crippen LogP contribution in [0.25, 0.3) is 5.82 Å². The monoisotopic (exact) mass is 415 g/mol. The number of ether oxygens (including phenoxy) is 1. The smallest absolute Gasteiger partial charge is 0.323 e. The van der Waals surface area contributed by atoms with E-state index in [0.29, 0.717) is 23.0 Å². The molecule has 4 rings (SSSR count). The predicted molar refractivity (Wildman–Crippen MR) is 119 cm³/mol. The highest BCUT2D eigenvalue weighted by Gasteiger charge is 2.07. The van der Waals surface area contributed by atoms with Crippen LogP contribution in [0.2, 0.25) is 0 Å². The van der Waals surface area contributed by atoms with E-state index in [0.717, 1.165) is 17.0 Å². The van der Waals surface area contributed by atoms with E-state index in [1.54, 1.807) is 48.5 Å². The number of hydrogen-bond acceptors (Lipinski definition) is 6. The summed E-state index contributed by atoms with van der Waals surface area (Å²) in [6.45, 7) is 1.91. The molecule has 2 aromatic heterocycles. The van der Waals surface area contributed by atoms with Crippen molar-refractivity contribution in [3.8, 4) is 11.6 Å². The molecule has 4 aromatic rings. The van der Waals surface area contributed by atoms with Crippen LogP contribution in [0, 0.1) is 6.92 Å². The van der Waals surface area contributed by atoms with Gasteiger partial charge < -0.3 is 20.7 Å². The first-order valence-corrected chi connectivity index (χ1v) is 9.51. The lowest BCUT2D eigenvalue weighted by molar-refractivity contribution is 0.262. The van der Waals surface area contributed by atoms with E-state index >= 15 is 0 Å². The van der Waals surface area contributed by atoms with Gasteiger partial charge in [0, 0.05) is 35.5 Å². The van der Waals surface area contributed by atoms with Crippen LogP contribution in [0.15, 0.2) is 73.6 Å². The van der Waals surface area contributed by atoms with Crippen LogP contribution in [-0.2, 0) is 0 Å². The van der Waals surface area contributed by atoms with Crippen molar-refractivity contribution in [2.75, 3.05) is 23.1 Å². The highest BCUT2D eigenvalue weighted by Crippen LogP contribution is 2.22. The van der Waals surface area contributed by atoms with Crippen molar-refractivity contribution in [3.05, 3.63) is 79.1 Å². The molecule has 0 spiro atoms. The van der Waals surface area contributed by atoms with Gasteiger partial charge in [0.05, 0.1) is 7.11 Å². The van der Waals surface area contributed by atoms with Crippen LogP contribution in [0.5, 0.6) is 5.75 Å². The van der Waals surface area contributed by atoms with E-state index < -0.39 is 0 Å². The topological polar surface area (TPSA) is 106 Å². The molecule has 3 N–H and O–H groups in total. The molecule has 2 amide bonds. The van der Waals surface area contributed by atoms with Crippen LogP contribution < -0.4 is 20.7 Å². The number of anilines is 4. The number of aromatic nitrogens is 4. The average molecular weight is 415 g/mol. The molecule has 2 heterocycles. The molecule has 31 heavy (non-hydrogen) atoms. The van der Waals surface area contributed by atoms with Crippen molar-refractivity contribution < 1.29 is 9.53 Å². The number of imidazole rings is 1. The van der Waals surface area contributed by atoms with Gasteiger partial charge in [-0.3, -0.25) is 4.57 Å². The Labute approximate surface area is 179 Å². The molecular weight excluding hydrogens is 394 g/mol. The van der Waals surface area contributed by atoms with Crippen molar-refractivity contribution in [1.29, 1.82) is 0 Å². The van der Waals surface area contributed by atoms with Gasteiger partial charge in [0.1, 0.15) is 30.0 Å². The van der Waals surface area contributed by atoms with Crippen molar-refractivity contribution in [1.82, 2.24) is 19.5 Å². The Morgan fingerprint density at radius 1 is 1.00 bits per heavy atom. The van der Waals surface area contributed by atoms with Gasteiger partial charge >= 0.3 is 6.03 Å². The fraction of sp³-hybridized carbons (Fsp3) is 0.0909. The summed E-state index contributed by atoms with van der Waals surface area (Å²) in [6.07, 6.45) is 6.65. The van der Waals surface area contributed by atoms with Crippen LogP contribution in [0.4, 0.5) is 27.7 Å². The maximum absolute atomic E-state index is 12.3. The van der Waals surface area contributed by atoms with Crippen LogP contribution in [0.3, 0.4) is 0 Å². The number of carbonyl (C=O) groups excluding carboxylic acids is 1. The van der Waals surface area contributed by atoms with Gasteiger partial charge in [-0.25, -0.2) is 19.7 Å². The van der Waals surface area contributed by atoms with Gasteiger partial charge in [-0.1, -0.05) is 0 Å². The molecule has 0 saturated carbocycles. The molecule has 0 fully saturated rings. The second kappa shape index (κ2) is 8.95. The molecule has 0 unspecified atom stereocenters. The summed E-state index contributed by atoms with van der Waals surface area (Å²) in [5, 5.41) is 8.88. The molecule has 9 heteroatoms. The summed E-state index contributed by atoms with van der Waals surface area (Å²) in [5.74, 6) is 2.10. The van der Waals surface area contributed by atoms with E-state index in [4.69, 9.17) is 4.74 Å². The number of hydrogen-bond donors (Lipinski definition) is 3. The van der Waals surface area contributed by atoms with Gasteiger partial charge in [-0.15, -0.1) is 0 Å². The fourth-order valence-electron chi connectivity index (χ4n) is 2.92. The first kappa shape index (κ1) is 19.9. The summed E-state index contributed by atoms with van der Waals surface area (Å²) in [6, 6.07) is 14.3. The molecule has 0 bridgehead atoms. The average Bonchev–Trinajstić information content (AvgIpc) is 3.32. The quantitative estimate of drug-likeness (QED) is 0.432. The number of carbonyl (C=O) groups is 1. The number of benzene rings is 2. The summed E-state index contributed by atoms with van der Waals surface area (Å²) in [4.78, 5) is 24.8. The number of amides is 2. The molecular formula is C22H21N7O2. The Kier molecular flexibility index (Phi) is 5.75. The maximum atomic E-state index is 12.3. The van der Waals surface area contributed by atoms with Gasteiger partial charge in [0.2, 0.25) is 0 Å². The summed E-state index contributed by atoms with van der Waals surface area (Å²) in [5.41, 5.74) is 3.12. The zero-order valence-electron chi connectivity index (χ0n) is 17.0. The Bertz CT molecular complexity index is 1170. The van der Waals surface area contributed by atoms with E-state index in [-0.39, 0.29) is 6.03 Å². The Hall–Kier alpha value is -4.40. The van der Waals surface area contributed by atoms with E-state index in [9.17, 15) is 4.79 Å². The Morgan fingerprint density at radius 3 is 2.52 bits per heavy atom. The highest BCUT2D eigenvalue weighted by molar-refractivity contribution is 6.00. The van der Waals surface area contributed by atoms with Gasteiger partial charge in [-0.2, -0.15) is 0 Å². The van der Waals surface area contributed by atoms with Crippen molar-refractivity contribution in [2.24, 2.45) is 0 Å². The van der Waals surface area contributed by atoms with E-state index in [2.05, 4.69) is 30.9 Å². The summed E-state index contributed by atoms with van der Waals surface area (Å²) < 4.78 is 6.98. The van der Waals surface area contributed by atoms with Crippen molar-refractivity contribution in [3.63, 3.8) is 0 Å². The minimum atomic E-state index is -0.324. The first-order chi connectivity index (χ1) is 15.1. The second-order valence-corrected chi connectivity index (χ2v) is 6.69. The number of nitrogens with zero attached hydrogens (tertiary/aromatic N) is 4. The lowest BCUT2D eigenvalue weighted by Gasteiger charge is -2.12. The molecule has 9 nitrogen and oxygen atoms in total. The molecule has 156 valence electrons. The minimum absolute atomic E-state index is 0.324. The third-order valence-electron chi connectivity index (χ3n) is 4.52. The third kappa shape index (κ3) is 4.96. The van der Waals surface area contributed by atoms with Gasteiger partial charge in [0.25, 0.3) is 0 Å². The third-order valence-corrected chi connectivity index (χ3v) is 4.52. The molecule has 0 aliphatic rings. The number of nitrogens with one attached hydrogen (secondary N) is 3. The zero-order valence-corrected chi connectivity index (χ0v) is 17.0. The molecule has 2 aromatic carbocycles. The molecule has 0 radical (unpaired) electrons. The predicted octanol–water partition coefficient (Wildman–Crippen LogP) is 4.37. The second-order valence-electron chi connectivity index (χ2n) is 6.69. The maximum Gasteiger partial charge on any atom is 0.323 e. The summed E-state index contributed by atoms with van der Waals surface area (Å²) in [7, 11) is 1.61. The number of methoxy groups -OCH3 is 1. The van der Waals surface area contributed by atoms with Crippen LogP contribution in [-0.4, -0.2) is 32.7 Å². The lowest BCUT2D eigenvalue weighted by Crippen LogP contribution is -2.19. The SMILES string of the molecule is COc1ccc(NC(=O)Nc2ccc(Nc3cc(-n4ccnc4)ncn3)cc2)c(C)c1. The Morgan fingerprint density at radius 2 is 1.81 bits per heavy atom. The van der Waals surface area contributed by atoms with Crippen LogP contribution in [0.1, 0.15) is 5.56 Å². The number of aryl methyl sites for hydroxylation is 1. The lowest BCUT2D eigenvalue weighted by atomic mass is 10.2. The number of urea groups is 1. The van der Waals surface area contributed by atoms with E-state index in [1.165, 1.54) is 6.33 Å². The Balaban J connectivity index is 1.37. The summed E-state index contributed by atoms with van der Waals surface area (Å²) >= 11 is 0. The minimum Gasteiger partial charge on any atom is -0.497 e. The van der Waals surface area contributed by atoms with Crippen molar-refractivity contribution in [2.45, 2.75) is 6.92 Å². The highest BCUT2D eigenvalue weighted by atomic mass is 16.5. The zero-order chi connectivity index (χ0) is 21.6. The molecule has 0 atom stereocenters. The molecule has 0 saturated heterocycles. The number of rotatable bonds is 6. The van der Waals surface area contributed by atoms with Gasteiger partial charge in [0.15, 0.2) is 0 Å². The van der Waals surface area contributed by atoms with E-state index in [1.807, 2.05) is 37.4 Å². The largest absolute Gasteiger partial charge is 0.497 e. The standard InChI is InChI=1S/C22H21N7O2/c1-15-11-18(31-2)7-8-19(15)28-22(30)27-17-5-3-16(4-6-17)26-20-12-21(25-13-24-20)29-10-9-23-14-29/h3-14H,1-2H3,(H,24,25,26)(H2,27,28,30). The molecule has 0 aliphatic heterocycles. The molecule has 0 aliphatic carbocycles. The van der Waals surface area contributed by atoms with Gasteiger partial charge in [-0.05, 0) is 55.0 Å².